The van der Waals surface area contributed by atoms with E-state index in [1.54, 1.807) is 19.1 Å². The SMILES string of the molecule is COC(=O)CC(C)(C)CC(N)c1ccc(F)c(C)c1. The lowest BCUT2D eigenvalue weighted by Crippen LogP contribution is -2.24. The van der Waals surface area contributed by atoms with Crippen LogP contribution < -0.4 is 5.73 Å². The molecule has 0 spiro atoms. The number of ether oxygens (including phenoxy) is 1. The number of hydrogen-bond donors (Lipinski definition) is 1. The number of benzene rings is 1. The number of hydrogen-bond acceptors (Lipinski definition) is 3. The first-order valence-corrected chi connectivity index (χ1v) is 6.33. The lowest BCUT2D eigenvalue weighted by atomic mass is 9.81. The fourth-order valence-corrected chi connectivity index (χ4v) is 2.15. The molecule has 0 aromatic heterocycles. The molecular weight excluding hydrogens is 245 g/mol. The van der Waals surface area contributed by atoms with Gasteiger partial charge in [-0.15, -0.1) is 0 Å². The Morgan fingerprint density at radius 3 is 2.63 bits per heavy atom. The first-order chi connectivity index (χ1) is 8.75. The molecule has 1 rings (SSSR count). The Morgan fingerprint density at radius 1 is 1.47 bits per heavy atom. The molecule has 1 atom stereocenters. The molecule has 0 saturated carbocycles. The molecule has 0 radical (unpaired) electrons. The number of methoxy groups -OCH3 is 1. The van der Waals surface area contributed by atoms with E-state index >= 15 is 0 Å². The van der Waals surface area contributed by atoms with Gasteiger partial charge in [0.15, 0.2) is 0 Å². The molecule has 0 heterocycles. The van der Waals surface area contributed by atoms with Crippen LogP contribution in [0.3, 0.4) is 0 Å². The third kappa shape index (κ3) is 4.63. The van der Waals surface area contributed by atoms with Gasteiger partial charge in [0.25, 0.3) is 0 Å². The quantitative estimate of drug-likeness (QED) is 0.834. The molecule has 0 saturated heterocycles. The molecule has 1 aromatic rings. The van der Waals surface area contributed by atoms with E-state index in [-0.39, 0.29) is 23.2 Å². The normalized spacial score (nSPS) is 13.2. The van der Waals surface area contributed by atoms with Gasteiger partial charge < -0.3 is 10.5 Å². The maximum atomic E-state index is 13.2. The van der Waals surface area contributed by atoms with Gasteiger partial charge >= 0.3 is 5.97 Å². The molecule has 1 unspecified atom stereocenters. The Morgan fingerprint density at radius 2 is 2.11 bits per heavy atom. The highest BCUT2D eigenvalue weighted by molar-refractivity contribution is 5.69. The summed E-state index contributed by atoms with van der Waals surface area (Å²) >= 11 is 0. The van der Waals surface area contributed by atoms with Crippen LogP contribution in [0.4, 0.5) is 4.39 Å². The number of nitrogens with two attached hydrogens (primary N) is 1. The van der Waals surface area contributed by atoms with Gasteiger partial charge in [-0.2, -0.15) is 0 Å². The summed E-state index contributed by atoms with van der Waals surface area (Å²) in [6, 6.07) is 4.66. The predicted octanol–water partition coefficient (Wildman–Crippen LogP) is 3.11. The summed E-state index contributed by atoms with van der Waals surface area (Å²) in [7, 11) is 1.38. The fraction of sp³-hybridized carbons (Fsp3) is 0.533. The van der Waals surface area contributed by atoms with Crippen molar-refractivity contribution >= 4 is 5.97 Å². The third-order valence-corrected chi connectivity index (χ3v) is 3.23. The lowest BCUT2D eigenvalue weighted by molar-refractivity contribution is -0.143. The van der Waals surface area contributed by atoms with Gasteiger partial charge in [-0.1, -0.05) is 26.0 Å². The van der Waals surface area contributed by atoms with Gasteiger partial charge in [-0.25, -0.2) is 4.39 Å². The molecule has 3 nitrogen and oxygen atoms in total. The minimum atomic E-state index is -0.255. The molecule has 0 amide bonds. The number of rotatable bonds is 5. The highest BCUT2D eigenvalue weighted by Crippen LogP contribution is 2.32. The topological polar surface area (TPSA) is 52.3 Å². The Hall–Kier alpha value is -1.42. The van der Waals surface area contributed by atoms with Gasteiger partial charge in [0.05, 0.1) is 13.5 Å². The van der Waals surface area contributed by atoms with Crippen LogP contribution in [0.5, 0.6) is 0 Å². The van der Waals surface area contributed by atoms with E-state index < -0.39 is 0 Å². The van der Waals surface area contributed by atoms with E-state index in [4.69, 9.17) is 5.73 Å². The Kier molecular flexibility index (Phi) is 5.06. The average Bonchev–Trinajstić information content (AvgIpc) is 2.31. The first-order valence-electron chi connectivity index (χ1n) is 6.33. The molecule has 2 N–H and O–H groups in total. The van der Waals surface area contributed by atoms with Crippen LogP contribution in [0.15, 0.2) is 18.2 Å². The molecule has 0 aliphatic carbocycles. The van der Waals surface area contributed by atoms with Crippen molar-refractivity contribution in [3.8, 4) is 0 Å². The first kappa shape index (κ1) is 15.6. The van der Waals surface area contributed by atoms with Crippen LogP contribution in [-0.4, -0.2) is 13.1 Å². The molecule has 0 aliphatic heterocycles. The smallest absolute Gasteiger partial charge is 0.306 e. The summed E-state index contributed by atoms with van der Waals surface area (Å²) in [5, 5.41) is 0. The fourth-order valence-electron chi connectivity index (χ4n) is 2.15. The van der Waals surface area contributed by atoms with E-state index in [1.807, 2.05) is 13.8 Å². The molecule has 0 fully saturated rings. The van der Waals surface area contributed by atoms with Crippen molar-refractivity contribution in [3.05, 3.63) is 35.1 Å². The second-order valence-corrected chi connectivity index (χ2v) is 5.74. The van der Waals surface area contributed by atoms with Gasteiger partial charge in [-0.05, 0) is 36.0 Å². The number of esters is 1. The highest BCUT2D eigenvalue weighted by atomic mass is 19.1. The van der Waals surface area contributed by atoms with Crippen LogP contribution in [0.25, 0.3) is 0 Å². The maximum Gasteiger partial charge on any atom is 0.306 e. The second-order valence-electron chi connectivity index (χ2n) is 5.74. The Balaban J connectivity index is 2.75. The number of carbonyl (C=O) groups is 1. The largest absolute Gasteiger partial charge is 0.469 e. The monoisotopic (exact) mass is 267 g/mol. The zero-order valence-corrected chi connectivity index (χ0v) is 12.0. The summed E-state index contributed by atoms with van der Waals surface area (Å²) in [4.78, 5) is 11.3. The Bertz CT molecular complexity index is 457. The second kappa shape index (κ2) is 6.15. The minimum Gasteiger partial charge on any atom is -0.469 e. The molecule has 0 aliphatic rings. The summed E-state index contributed by atoms with van der Waals surface area (Å²) in [5.74, 6) is -0.475. The van der Waals surface area contributed by atoms with E-state index in [0.29, 0.717) is 18.4 Å². The van der Waals surface area contributed by atoms with Crippen LogP contribution in [0, 0.1) is 18.2 Å². The van der Waals surface area contributed by atoms with Crippen molar-refractivity contribution in [2.45, 2.75) is 39.7 Å². The van der Waals surface area contributed by atoms with Crippen LogP contribution in [0.2, 0.25) is 0 Å². The lowest BCUT2D eigenvalue weighted by Gasteiger charge is -2.27. The van der Waals surface area contributed by atoms with Gasteiger partial charge in [0.1, 0.15) is 5.82 Å². The number of carbonyl (C=O) groups excluding carboxylic acids is 1. The highest BCUT2D eigenvalue weighted by Gasteiger charge is 2.26. The zero-order valence-electron chi connectivity index (χ0n) is 12.0. The predicted molar refractivity (Wildman–Crippen MR) is 73.1 cm³/mol. The summed E-state index contributed by atoms with van der Waals surface area (Å²) in [6.45, 7) is 5.66. The van der Waals surface area contributed by atoms with Crippen molar-refractivity contribution in [1.82, 2.24) is 0 Å². The molecule has 1 aromatic carbocycles. The van der Waals surface area contributed by atoms with Gasteiger partial charge in [0.2, 0.25) is 0 Å². The van der Waals surface area contributed by atoms with Crippen molar-refractivity contribution in [3.63, 3.8) is 0 Å². The molecule has 0 bridgehead atoms. The van der Waals surface area contributed by atoms with E-state index in [0.717, 1.165) is 5.56 Å². The van der Waals surface area contributed by atoms with Gasteiger partial charge in [0, 0.05) is 6.04 Å². The number of aryl methyl sites for hydroxylation is 1. The third-order valence-electron chi connectivity index (χ3n) is 3.23. The summed E-state index contributed by atoms with van der Waals surface area (Å²) in [5.41, 5.74) is 7.36. The molecule has 106 valence electrons. The van der Waals surface area contributed by atoms with Crippen LogP contribution >= 0.6 is 0 Å². The Labute approximate surface area is 113 Å². The molecule has 4 heteroatoms. The van der Waals surface area contributed by atoms with Crippen LogP contribution in [-0.2, 0) is 9.53 Å². The average molecular weight is 267 g/mol. The van der Waals surface area contributed by atoms with E-state index in [9.17, 15) is 9.18 Å². The molecule has 19 heavy (non-hydrogen) atoms. The standard InChI is InChI=1S/C15H22FNO2/c1-10-7-11(5-6-12(10)16)13(17)8-15(2,3)9-14(18)19-4/h5-7,13H,8-9,17H2,1-4H3. The van der Waals surface area contributed by atoms with E-state index in [2.05, 4.69) is 4.74 Å². The van der Waals surface area contributed by atoms with Crippen LogP contribution in [0.1, 0.15) is 43.9 Å². The van der Waals surface area contributed by atoms with Gasteiger partial charge in [-0.3, -0.25) is 4.79 Å². The zero-order chi connectivity index (χ0) is 14.6. The minimum absolute atomic E-state index is 0.223. The van der Waals surface area contributed by atoms with Crippen molar-refractivity contribution in [1.29, 1.82) is 0 Å². The van der Waals surface area contributed by atoms with Crippen molar-refractivity contribution < 1.29 is 13.9 Å². The molecular formula is C15H22FNO2. The summed E-state index contributed by atoms with van der Waals surface area (Å²) in [6.07, 6.45) is 0.949. The maximum absolute atomic E-state index is 13.2. The summed E-state index contributed by atoms with van der Waals surface area (Å²) < 4.78 is 17.9. The number of halogens is 1. The van der Waals surface area contributed by atoms with Crippen molar-refractivity contribution in [2.24, 2.45) is 11.1 Å². The van der Waals surface area contributed by atoms with Crippen molar-refractivity contribution in [2.75, 3.05) is 7.11 Å². The van der Waals surface area contributed by atoms with E-state index in [1.165, 1.54) is 13.2 Å².